The van der Waals surface area contributed by atoms with E-state index in [9.17, 15) is 9.90 Å². The number of nitrogens with zero attached hydrogens (tertiary/aromatic N) is 3. The number of halogens is 1. The normalized spacial score (nSPS) is 13.3. The van der Waals surface area contributed by atoms with Crippen LogP contribution >= 0.6 is 11.6 Å². The summed E-state index contributed by atoms with van der Waals surface area (Å²) in [5.74, 6) is 0. The zero-order chi connectivity index (χ0) is 20.8. The number of hydrogen-bond acceptors (Lipinski definition) is 6. The van der Waals surface area contributed by atoms with Crippen LogP contribution in [0.3, 0.4) is 0 Å². The molecular weight excluding hydrogens is 396 g/mol. The van der Waals surface area contributed by atoms with Crippen LogP contribution in [-0.4, -0.2) is 45.3 Å². The summed E-state index contributed by atoms with van der Waals surface area (Å²) < 4.78 is 12.5. The van der Waals surface area contributed by atoms with Crippen molar-refractivity contribution < 1.29 is 19.4 Å². The van der Waals surface area contributed by atoms with E-state index in [0.717, 1.165) is 16.5 Å². The molecule has 8 nitrogen and oxygen atoms in total. The first-order valence-electron chi connectivity index (χ1n) is 9.25. The van der Waals surface area contributed by atoms with Crippen LogP contribution in [-0.2, 0) is 22.4 Å². The smallest absolute Gasteiger partial charge is 0.405 e. The number of pyridine rings is 1. The molecule has 0 aliphatic carbocycles. The summed E-state index contributed by atoms with van der Waals surface area (Å²) in [5.41, 5.74) is 7.40. The van der Waals surface area contributed by atoms with Gasteiger partial charge in [0.25, 0.3) is 0 Å². The minimum atomic E-state index is -0.888. The SMILES string of the molecule is CCn1ncc2cc(Cl)nc(CC(O)COC[C@@H](OC(N)=O)c3ccccc3)c21. The number of aliphatic hydroxyl groups excluding tert-OH is 1. The summed E-state index contributed by atoms with van der Waals surface area (Å²) in [6.07, 6.45) is -0.394. The predicted molar refractivity (Wildman–Crippen MR) is 109 cm³/mol. The van der Waals surface area contributed by atoms with E-state index in [1.807, 2.05) is 41.9 Å². The van der Waals surface area contributed by atoms with Crippen LogP contribution in [0.2, 0.25) is 5.15 Å². The number of rotatable bonds is 9. The highest BCUT2D eigenvalue weighted by Gasteiger charge is 2.18. The zero-order valence-corrected chi connectivity index (χ0v) is 16.7. The summed E-state index contributed by atoms with van der Waals surface area (Å²) in [4.78, 5) is 15.5. The van der Waals surface area contributed by atoms with E-state index in [2.05, 4.69) is 10.1 Å². The predicted octanol–water partition coefficient (Wildman–Crippen LogP) is 2.86. The van der Waals surface area contributed by atoms with E-state index in [-0.39, 0.29) is 19.6 Å². The maximum atomic E-state index is 11.2. The van der Waals surface area contributed by atoms with Gasteiger partial charge in [0, 0.05) is 18.4 Å². The van der Waals surface area contributed by atoms with Crippen molar-refractivity contribution >= 4 is 28.6 Å². The molecule has 29 heavy (non-hydrogen) atoms. The van der Waals surface area contributed by atoms with Crippen molar-refractivity contribution in [3.05, 3.63) is 59.0 Å². The first-order valence-corrected chi connectivity index (χ1v) is 9.63. The van der Waals surface area contributed by atoms with Crippen molar-refractivity contribution in [3.8, 4) is 0 Å². The van der Waals surface area contributed by atoms with Crippen molar-refractivity contribution in [2.45, 2.75) is 32.1 Å². The number of nitrogens with two attached hydrogens (primary N) is 1. The number of carbonyl (C=O) groups excluding carboxylic acids is 1. The van der Waals surface area contributed by atoms with E-state index < -0.39 is 18.3 Å². The number of benzene rings is 1. The van der Waals surface area contributed by atoms with Crippen molar-refractivity contribution in [1.29, 1.82) is 0 Å². The molecule has 2 heterocycles. The Morgan fingerprint density at radius 3 is 2.76 bits per heavy atom. The number of aryl methyl sites for hydroxylation is 1. The largest absolute Gasteiger partial charge is 0.439 e. The fourth-order valence-electron chi connectivity index (χ4n) is 3.14. The Morgan fingerprint density at radius 1 is 1.31 bits per heavy atom. The van der Waals surface area contributed by atoms with Gasteiger partial charge < -0.3 is 20.3 Å². The lowest BCUT2D eigenvalue weighted by atomic mass is 10.1. The van der Waals surface area contributed by atoms with Gasteiger partial charge in [0.05, 0.1) is 36.7 Å². The minimum Gasteiger partial charge on any atom is -0.439 e. The molecule has 0 aliphatic rings. The van der Waals surface area contributed by atoms with E-state index >= 15 is 0 Å². The highest BCUT2D eigenvalue weighted by Crippen LogP contribution is 2.23. The number of ether oxygens (including phenoxy) is 2. The van der Waals surface area contributed by atoms with Gasteiger partial charge >= 0.3 is 6.09 Å². The lowest BCUT2D eigenvalue weighted by Crippen LogP contribution is -2.24. The number of hydrogen-bond donors (Lipinski definition) is 2. The standard InChI is InChI=1S/C20H23ClN4O4/c1-2-25-19-14(10-23-25)8-18(21)24-16(19)9-15(26)11-28-12-17(29-20(22)27)13-6-4-3-5-7-13/h3-8,10,15,17,26H,2,9,11-12H2,1H3,(H2,22,27)/t15?,17-/m1/s1. The monoisotopic (exact) mass is 418 g/mol. The van der Waals surface area contributed by atoms with Crippen LogP contribution in [0.1, 0.15) is 24.3 Å². The molecule has 0 radical (unpaired) electrons. The van der Waals surface area contributed by atoms with Gasteiger partial charge in [-0.15, -0.1) is 0 Å². The third kappa shape index (κ3) is 5.44. The highest BCUT2D eigenvalue weighted by molar-refractivity contribution is 6.30. The first-order chi connectivity index (χ1) is 14.0. The number of primary amides is 1. The quantitative estimate of drug-likeness (QED) is 0.516. The number of fused-ring (bicyclic) bond motifs is 1. The van der Waals surface area contributed by atoms with Crippen molar-refractivity contribution in [3.63, 3.8) is 0 Å². The molecule has 9 heteroatoms. The Kier molecular flexibility index (Phi) is 7.03. The average Bonchev–Trinajstić information content (AvgIpc) is 3.10. The molecule has 0 bridgehead atoms. The van der Waals surface area contributed by atoms with E-state index in [1.165, 1.54) is 0 Å². The summed E-state index contributed by atoms with van der Waals surface area (Å²) in [7, 11) is 0. The van der Waals surface area contributed by atoms with Crippen molar-refractivity contribution in [2.75, 3.05) is 13.2 Å². The van der Waals surface area contributed by atoms with E-state index in [0.29, 0.717) is 17.4 Å². The molecule has 0 spiro atoms. The number of amides is 1. The van der Waals surface area contributed by atoms with Crippen LogP contribution < -0.4 is 5.73 Å². The molecule has 1 aromatic carbocycles. The van der Waals surface area contributed by atoms with E-state index in [4.69, 9.17) is 26.8 Å². The second-order valence-corrected chi connectivity index (χ2v) is 6.91. The maximum absolute atomic E-state index is 11.2. The van der Waals surface area contributed by atoms with Gasteiger partial charge in [-0.3, -0.25) is 4.68 Å². The maximum Gasteiger partial charge on any atom is 0.405 e. The van der Waals surface area contributed by atoms with Crippen LogP contribution in [0.4, 0.5) is 4.79 Å². The van der Waals surface area contributed by atoms with E-state index in [1.54, 1.807) is 12.3 Å². The number of carbonyl (C=O) groups is 1. The molecule has 0 fully saturated rings. The lowest BCUT2D eigenvalue weighted by Gasteiger charge is -2.18. The van der Waals surface area contributed by atoms with Gasteiger partial charge in [0.2, 0.25) is 0 Å². The molecule has 154 valence electrons. The summed E-state index contributed by atoms with van der Waals surface area (Å²) >= 11 is 6.10. The van der Waals surface area contributed by atoms with Gasteiger partial charge in [-0.25, -0.2) is 9.78 Å². The molecule has 3 aromatic rings. The highest BCUT2D eigenvalue weighted by atomic mass is 35.5. The fourth-order valence-corrected chi connectivity index (χ4v) is 3.36. The second kappa shape index (κ2) is 9.69. The molecule has 0 saturated heterocycles. The molecule has 2 atom stereocenters. The molecular formula is C20H23ClN4O4. The molecule has 0 aliphatic heterocycles. The molecule has 1 amide bonds. The third-order valence-electron chi connectivity index (χ3n) is 4.40. The fraction of sp³-hybridized carbons (Fsp3) is 0.350. The third-order valence-corrected chi connectivity index (χ3v) is 4.59. The molecule has 1 unspecified atom stereocenters. The first kappa shape index (κ1) is 21.0. The Labute approximate surface area is 173 Å². The summed E-state index contributed by atoms with van der Waals surface area (Å²) in [6.45, 7) is 2.75. The summed E-state index contributed by atoms with van der Waals surface area (Å²) in [6, 6.07) is 10.9. The number of aromatic nitrogens is 3. The van der Waals surface area contributed by atoms with Crippen molar-refractivity contribution in [2.24, 2.45) is 5.73 Å². The Morgan fingerprint density at radius 2 is 2.07 bits per heavy atom. The van der Waals surface area contributed by atoms with Crippen LogP contribution in [0.15, 0.2) is 42.6 Å². The molecule has 3 rings (SSSR count). The van der Waals surface area contributed by atoms with Gasteiger partial charge in [-0.2, -0.15) is 5.10 Å². The van der Waals surface area contributed by atoms with Crippen LogP contribution in [0, 0.1) is 0 Å². The van der Waals surface area contributed by atoms with Gasteiger partial charge in [-0.05, 0) is 18.6 Å². The Hall–Kier alpha value is -2.68. The van der Waals surface area contributed by atoms with Gasteiger partial charge in [-0.1, -0.05) is 41.9 Å². The Bertz CT molecular complexity index is 964. The Balaban J connectivity index is 1.64. The zero-order valence-electron chi connectivity index (χ0n) is 16.0. The van der Waals surface area contributed by atoms with Gasteiger partial charge in [0.1, 0.15) is 5.15 Å². The van der Waals surface area contributed by atoms with Crippen molar-refractivity contribution in [1.82, 2.24) is 14.8 Å². The summed E-state index contributed by atoms with van der Waals surface area (Å²) in [5, 5.41) is 16.0. The molecule has 3 N–H and O–H groups in total. The van der Waals surface area contributed by atoms with Gasteiger partial charge in [0.15, 0.2) is 6.10 Å². The number of aliphatic hydroxyl groups is 1. The second-order valence-electron chi connectivity index (χ2n) is 6.52. The average molecular weight is 419 g/mol. The lowest BCUT2D eigenvalue weighted by molar-refractivity contribution is -0.0132. The topological polar surface area (TPSA) is 112 Å². The van der Waals surface area contributed by atoms with Crippen LogP contribution in [0.25, 0.3) is 10.9 Å². The molecule has 0 saturated carbocycles. The molecule has 2 aromatic heterocycles. The van der Waals surface area contributed by atoms with Crippen LogP contribution in [0.5, 0.6) is 0 Å². The minimum absolute atomic E-state index is 0.0292.